The van der Waals surface area contributed by atoms with Gasteiger partial charge in [-0.25, -0.2) is 0 Å². The van der Waals surface area contributed by atoms with E-state index >= 15 is 0 Å². The topological polar surface area (TPSA) is 37.3 Å². The molecule has 0 saturated carbocycles. The molecule has 1 rings (SSSR count). The zero-order chi connectivity index (χ0) is 13.2. The molecule has 0 aromatic heterocycles. The van der Waals surface area contributed by atoms with Crippen LogP contribution in [0.5, 0.6) is 0 Å². The predicted molar refractivity (Wildman–Crippen MR) is 69.2 cm³/mol. The van der Waals surface area contributed by atoms with Gasteiger partial charge < -0.3 is 9.59 Å². The van der Waals surface area contributed by atoms with Gasteiger partial charge in [-0.2, -0.15) is 0 Å². The Kier molecular flexibility index (Phi) is 4.07. The number of likely N-dealkylation sites (N-methyl/N-ethyl adjacent to an activating group) is 1. The average molecular weight is 236 g/mol. The van der Waals surface area contributed by atoms with E-state index in [4.69, 9.17) is 0 Å². The van der Waals surface area contributed by atoms with Crippen LogP contribution < -0.4 is 0 Å². The largest absolute Gasteiger partial charge is 0.379 e. The van der Waals surface area contributed by atoms with Crippen LogP contribution in [0.1, 0.15) is 21.5 Å². The van der Waals surface area contributed by atoms with Gasteiger partial charge in [0.1, 0.15) is 6.54 Å². The number of hydrogen-bond acceptors (Lipinski definition) is 2. The molecular formula is C14H22NO2+. The first-order valence-electron chi connectivity index (χ1n) is 5.81. The number of quaternary nitrogens is 1. The molecule has 0 spiro atoms. The van der Waals surface area contributed by atoms with Gasteiger partial charge in [0.05, 0.1) is 21.1 Å². The highest BCUT2D eigenvalue weighted by Gasteiger charge is 2.24. The van der Waals surface area contributed by atoms with Gasteiger partial charge in [-0.3, -0.25) is 4.79 Å². The number of carbonyl (C=O) groups excluding carboxylic acids is 1. The Labute approximate surface area is 103 Å². The fourth-order valence-electron chi connectivity index (χ4n) is 1.87. The lowest BCUT2D eigenvalue weighted by atomic mass is 9.99. The Morgan fingerprint density at radius 1 is 1.29 bits per heavy atom. The second-order valence-electron chi connectivity index (χ2n) is 5.67. The van der Waals surface area contributed by atoms with Crippen LogP contribution >= 0.6 is 0 Å². The molecule has 0 heterocycles. The lowest BCUT2D eigenvalue weighted by Gasteiger charge is -2.26. The summed E-state index contributed by atoms with van der Waals surface area (Å²) in [5, 5.41) is 9.94. The third-order valence-corrected chi connectivity index (χ3v) is 2.67. The number of carbonyl (C=O) groups is 1. The Morgan fingerprint density at radius 2 is 1.88 bits per heavy atom. The molecule has 1 atom stereocenters. The fourth-order valence-corrected chi connectivity index (χ4v) is 1.87. The number of Topliss-reactive ketones (excluding diaryl/α,β-unsaturated/α-hetero) is 1. The molecule has 3 heteroatoms. The standard InChI is InChI=1S/C14H22NO2/c1-10-6-7-12(11(2)8-10)14(17)13(16)9-15(3,4)5/h6-8,13,16H,9H2,1-5H3/q+1. The van der Waals surface area contributed by atoms with Crippen LogP contribution in [-0.4, -0.2) is 49.2 Å². The molecular weight excluding hydrogens is 214 g/mol. The first-order valence-corrected chi connectivity index (χ1v) is 5.81. The number of aryl methyl sites for hydroxylation is 2. The normalized spacial score (nSPS) is 13.5. The molecule has 1 N–H and O–H groups in total. The van der Waals surface area contributed by atoms with Crippen LogP contribution in [0, 0.1) is 13.8 Å². The van der Waals surface area contributed by atoms with Crippen LogP contribution in [0.15, 0.2) is 18.2 Å². The van der Waals surface area contributed by atoms with Gasteiger partial charge in [0.25, 0.3) is 0 Å². The number of aliphatic hydroxyl groups is 1. The third-order valence-electron chi connectivity index (χ3n) is 2.67. The predicted octanol–water partition coefficient (Wildman–Crippen LogP) is 1.55. The lowest BCUT2D eigenvalue weighted by Crippen LogP contribution is -2.44. The van der Waals surface area contributed by atoms with E-state index in [1.165, 1.54) is 0 Å². The lowest BCUT2D eigenvalue weighted by molar-refractivity contribution is -0.872. The zero-order valence-electron chi connectivity index (χ0n) is 11.3. The number of hydrogen-bond donors (Lipinski definition) is 1. The number of nitrogens with zero attached hydrogens (tertiary/aromatic N) is 1. The highest BCUT2D eigenvalue weighted by Crippen LogP contribution is 2.13. The molecule has 1 unspecified atom stereocenters. The third kappa shape index (κ3) is 3.95. The van der Waals surface area contributed by atoms with E-state index in [1.807, 2.05) is 47.1 Å². The molecule has 1 aromatic carbocycles. The van der Waals surface area contributed by atoms with Crippen molar-refractivity contribution in [2.75, 3.05) is 27.7 Å². The van der Waals surface area contributed by atoms with Gasteiger partial charge in [0, 0.05) is 5.56 Å². The second kappa shape index (κ2) is 4.98. The van der Waals surface area contributed by atoms with Crippen molar-refractivity contribution in [3.8, 4) is 0 Å². The molecule has 0 saturated heterocycles. The van der Waals surface area contributed by atoms with Gasteiger partial charge in [-0.1, -0.05) is 23.8 Å². The van der Waals surface area contributed by atoms with Gasteiger partial charge in [-0.05, 0) is 19.4 Å². The van der Waals surface area contributed by atoms with Crippen LogP contribution in [-0.2, 0) is 0 Å². The summed E-state index contributed by atoms with van der Waals surface area (Å²) in [5.74, 6) is -0.185. The summed E-state index contributed by atoms with van der Waals surface area (Å²) in [6.07, 6.45) is -0.934. The highest BCUT2D eigenvalue weighted by molar-refractivity contribution is 6.00. The van der Waals surface area contributed by atoms with E-state index < -0.39 is 6.10 Å². The van der Waals surface area contributed by atoms with Crippen molar-refractivity contribution in [1.82, 2.24) is 0 Å². The van der Waals surface area contributed by atoms with E-state index in [-0.39, 0.29) is 5.78 Å². The minimum atomic E-state index is -0.934. The van der Waals surface area contributed by atoms with E-state index in [1.54, 1.807) is 6.07 Å². The molecule has 0 fully saturated rings. The summed E-state index contributed by atoms with van der Waals surface area (Å²) in [4.78, 5) is 12.1. The van der Waals surface area contributed by atoms with Crippen molar-refractivity contribution in [3.63, 3.8) is 0 Å². The number of aliphatic hydroxyl groups excluding tert-OH is 1. The summed E-state index contributed by atoms with van der Waals surface area (Å²) in [6.45, 7) is 4.31. The van der Waals surface area contributed by atoms with Crippen LogP contribution in [0.3, 0.4) is 0 Å². The summed E-state index contributed by atoms with van der Waals surface area (Å²) in [5.41, 5.74) is 2.67. The molecule has 0 amide bonds. The smallest absolute Gasteiger partial charge is 0.197 e. The first-order chi connectivity index (χ1) is 7.70. The maximum absolute atomic E-state index is 12.1. The number of benzene rings is 1. The molecule has 0 aliphatic heterocycles. The first kappa shape index (κ1) is 13.9. The molecule has 1 aromatic rings. The van der Waals surface area contributed by atoms with Crippen LogP contribution in [0.4, 0.5) is 0 Å². The van der Waals surface area contributed by atoms with Crippen molar-refractivity contribution < 1.29 is 14.4 Å². The van der Waals surface area contributed by atoms with Crippen molar-refractivity contribution in [3.05, 3.63) is 34.9 Å². The summed E-state index contributed by atoms with van der Waals surface area (Å²) < 4.78 is 0.567. The average Bonchev–Trinajstić information content (AvgIpc) is 2.14. The maximum atomic E-state index is 12.1. The van der Waals surface area contributed by atoms with E-state index in [0.717, 1.165) is 11.1 Å². The summed E-state index contributed by atoms with van der Waals surface area (Å²) in [6, 6.07) is 5.66. The molecule has 0 aliphatic rings. The van der Waals surface area contributed by atoms with Crippen LogP contribution in [0.25, 0.3) is 0 Å². The van der Waals surface area contributed by atoms with E-state index in [0.29, 0.717) is 16.6 Å². The van der Waals surface area contributed by atoms with E-state index in [9.17, 15) is 9.90 Å². The highest BCUT2D eigenvalue weighted by atomic mass is 16.3. The van der Waals surface area contributed by atoms with Crippen molar-refractivity contribution in [2.24, 2.45) is 0 Å². The molecule has 0 bridgehead atoms. The molecule has 17 heavy (non-hydrogen) atoms. The van der Waals surface area contributed by atoms with Gasteiger partial charge in [-0.15, -0.1) is 0 Å². The molecule has 0 radical (unpaired) electrons. The summed E-state index contributed by atoms with van der Waals surface area (Å²) in [7, 11) is 5.87. The van der Waals surface area contributed by atoms with Gasteiger partial charge >= 0.3 is 0 Å². The molecule has 94 valence electrons. The van der Waals surface area contributed by atoms with E-state index in [2.05, 4.69) is 0 Å². The Bertz CT molecular complexity index is 419. The quantitative estimate of drug-likeness (QED) is 0.636. The summed E-state index contributed by atoms with van der Waals surface area (Å²) >= 11 is 0. The Morgan fingerprint density at radius 3 is 2.35 bits per heavy atom. The molecule has 3 nitrogen and oxygen atoms in total. The number of rotatable bonds is 4. The Hall–Kier alpha value is -1.19. The SMILES string of the molecule is Cc1ccc(C(=O)C(O)C[N+](C)(C)C)c(C)c1. The fraction of sp³-hybridized carbons (Fsp3) is 0.500. The molecule has 0 aliphatic carbocycles. The Balaban J connectivity index is 2.89. The van der Waals surface area contributed by atoms with Gasteiger partial charge in [0.2, 0.25) is 0 Å². The monoisotopic (exact) mass is 236 g/mol. The van der Waals surface area contributed by atoms with Crippen molar-refractivity contribution >= 4 is 5.78 Å². The minimum absolute atomic E-state index is 0.185. The zero-order valence-corrected chi connectivity index (χ0v) is 11.3. The van der Waals surface area contributed by atoms with Crippen LogP contribution in [0.2, 0.25) is 0 Å². The van der Waals surface area contributed by atoms with Crippen molar-refractivity contribution in [1.29, 1.82) is 0 Å². The maximum Gasteiger partial charge on any atom is 0.197 e. The van der Waals surface area contributed by atoms with Crippen molar-refractivity contribution in [2.45, 2.75) is 20.0 Å². The minimum Gasteiger partial charge on any atom is -0.379 e. The number of ketones is 1. The second-order valence-corrected chi connectivity index (χ2v) is 5.67. The van der Waals surface area contributed by atoms with Gasteiger partial charge in [0.15, 0.2) is 11.9 Å².